The fraction of sp³-hybridized carbons (Fsp3) is 0.818. The molecule has 0 heterocycles. The zero-order valence-electron chi connectivity index (χ0n) is 11.0. The minimum atomic E-state index is -0.705. The molecule has 100 valence electrons. The average Bonchev–Trinajstić information content (AvgIpc) is 2.10. The first-order valence-corrected chi connectivity index (χ1v) is 5.57. The number of aliphatic hydroxyl groups excluding tert-OH is 1. The lowest BCUT2D eigenvalue weighted by molar-refractivity contribution is -0.123. The SMILES string of the molecule is CC(O)CNC(=O)C(C)NC(=O)OC(C)(C)C. The first-order chi connectivity index (χ1) is 7.61. The zero-order valence-corrected chi connectivity index (χ0v) is 11.0. The van der Waals surface area contributed by atoms with Crippen LogP contribution in [0.2, 0.25) is 0 Å². The Bertz CT molecular complexity index is 271. The summed E-state index contributed by atoms with van der Waals surface area (Å²) in [4.78, 5) is 22.8. The third kappa shape index (κ3) is 8.50. The summed E-state index contributed by atoms with van der Waals surface area (Å²) in [5.74, 6) is -0.364. The molecule has 6 nitrogen and oxygen atoms in total. The fourth-order valence-corrected chi connectivity index (χ4v) is 0.951. The number of amides is 2. The number of carbonyl (C=O) groups is 2. The summed E-state index contributed by atoms with van der Waals surface area (Å²) in [5, 5.41) is 13.9. The lowest BCUT2D eigenvalue weighted by Gasteiger charge is -2.21. The molecule has 0 fully saturated rings. The van der Waals surface area contributed by atoms with Gasteiger partial charge in [0.15, 0.2) is 0 Å². The Morgan fingerprint density at radius 1 is 1.29 bits per heavy atom. The number of hydrogen-bond acceptors (Lipinski definition) is 4. The quantitative estimate of drug-likeness (QED) is 0.670. The molecule has 2 unspecified atom stereocenters. The Labute approximate surface area is 102 Å². The number of alkyl carbamates (subject to hydrolysis) is 1. The van der Waals surface area contributed by atoms with Crippen molar-refractivity contribution in [3.05, 3.63) is 0 Å². The van der Waals surface area contributed by atoms with Gasteiger partial charge in [0.05, 0.1) is 6.10 Å². The summed E-state index contributed by atoms with van der Waals surface area (Å²) < 4.78 is 5.00. The summed E-state index contributed by atoms with van der Waals surface area (Å²) in [6, 6.07) is -0.705. The van der Waals surface area contributed by atoms with Crippen molar-refractivity contribution in [2.45, 2.75) is 52.4 Å². The Kier molecular flexibility index (Phi) is 5.95. The van der Waals surface area contributed by atoms with E-state index in [4.69, 9.17) is 9.84 Å². The second-order valence-corrected chi connectivity index (χ2v) is 4.96. The highest BCUT2D eigenvalue weighted by molar-refractivity contribution is 5.85. The van der Waals surface area contributed by atoms with E-state index in [-0.39, 0.29) is 12.5 Å². The molecule has 3 N–H and O–H groups in total. The van der Waals surface area contributed by atoms with E-state index in [2.05, 4.69) is 10.6 Å². The van der Waals surface area contributed by atoms with E-state index in [0.717, 1.165) is 0 Å². The molecule has 0 saturated carbocycles. The minimum Gasteiger partial charge on any atom is -0.444 e. The molecule has 0 radical (unpaired) electrons. The van der Waals surface area contributed by atoms with E-state index in [1.54, 1.807) is 34.6 Å². The molecule has 0 spiro atoms. The third-order valence-corrected chi connectivity index (χ3v) is 1.70. The van der Waals surface area contributed by atoms with E-state index in [0.29, 0.717) is 0 Å². The van der Waals surface area contributed by atoms with Gasteiger partial charge < -0.3 is 20.5 Å². The van der Waals surface area contributed by atoms with Gasteiger partial charge in [-0.15, -0.1) is 0 Å². The standard InChI is InChI=1S/C11H22N2O4/c1-7(14)6-12-9(15)8(2)13-10(16)17-11(3,4)5/h7-8,14H,6H2,1-5H3,(H,12,15)(H,13,16). The van der Waals surface area contributed by atoms with E-state index >= 15 is 0 Å². The van der Waals surface area contributed by atoms with Crippen molar-refractivity contribution < 1.29 is 19.4 Å². The summed E-state index contributed by atoms with van der Waals surface area (Å²) in [7, 11) is 0. The van der Waals surface area contributed by atoms with Gasteiger partial charge in [-0.1, -0.05) is 0 Å². The highest BCUT2D eigenvalue weighted by Crippen LogP contribution is 2.06. The molecule has 0 aliphatic heterocycles. The second kappa shape index (κ2) is 6.44. The first-order valence-electron chi connectivity index (χ1n) is 5.57. The topological polar surface area (TPSA) is 87.7 Å². The van der Waals surface area contributed by atoms with Gasteiger partial charge in [-0.2, -0.15) is 0 Å². The molecule has 6 heteroatoms. The molecule has 0 aromatic carbocycles. The van der Waals surface area contributed by atoms with Crippen LogP contribution in [0.25, 0.3) is 0 Å². The van der Waals surface area contributed by atoms with Gasteiger partial charge in [0.2, 0.25) is 5.91 Å². The molecule has 0 aliphatic carbocycles. The fourth-order valence-electron chi connectivity index (χ4n) is 0.951. The van der Waals surface area contributed by atoms with E-state index in [1.807, 2.05) is 0 Å². The molecular formula is C11H22N2O4. The van der Waals surface area contributed by atoms with E-state index < -0.39 is 23.8 Å². The predicted octanol–water partition coefficient (Wildman–Crippen LogP) is 0.397. The molecule has 2 atom stereocenters. The summed E-state index contributed by atoms with van der Waals surface area (Å²) in [6.07, 6.45) is -1.26. The lowest BCUT2D eigenvalue weighted by Crippen LogP contribution is -2.47. The molecule has 0 aromatic rings. The summed E-state index contributed by atoms with van der Waals surface area (Å²) >= 11 is 0. The number of ether oxygens (including phenoxy) is 1. The zero-order chi connectivity index (χ0) is 13.6. The molecular weight excluding hydrogens is 224 g/mol. The molecule has 0 aliphatic rings. The molecule has 0 rings (SSSR count). The van der Waals surface area contributed by atoms with Crippen molar-refractivity contribution >= 4 is 12.0 Å². The third-order valence-electron chi connectivity index (χ3n) is 1.70. The second-order valence-electron chi connectivity index (χ2n) is 4.96. The van der Waals surface area contributed by atoms with Gasteiger partial charge in [0.25, 0.3) is 0 Å². The van der Waals surface area contributed by atoms with E-state index in [1.165, 1.54) is 0 Å². The number of aliphatic hydroxyl groups is 1. The maximum absolute atomic E-state index is 11.5. The van der Waals surface area contributed by atoms with Crippen molar-refractivity contribution in [1.29, 1.82) is 0 Å². The van der Waals surface area contributed by atoms with Gasteiger partial charge in [0, 0.05) is 6.54 Å². The van der Waals surface area contributed by atoms with Crippen LogP contribution in [-0.2, 0) is 9.53 Å². The summed E-state index contributed by atoms with van der Waals surface area (Å²) in [5.41, 5.74) is -0.597. The van der Waals surface area contributed by atoms with Gasteiger partial charge in [0.1, 0.15) is 11.6 Å². The minimum absolute atomic E-state index is 0.152. The lowest BCUT2D eigenvalue weighted by atomic mass is 10.2. The summed E-state index contributed by atoms with van der Waals surface area (Å²) in [6.45, 7) is 8.48. The first kappa shape index (κ1) is 15.7. The van der Waals surface area contributed by atoms with Crippen LogP contribution in [0.3, 0.4) is 0 Å². The van der Waals surface area contributed by atoms with Crippen LogP contribution in [0.4, 0.5) is 4.79 Å². The number of rotatable bonds is 4. The van der Waals surface area contributed by atoms with Crippen LogP contribution in [-0.4, -0.2) is 41.4 Å². The van der Waals surface area contributed by atoms with Gasteiger partial charge in [-0.25, -0.2) is 4.79 Å². The van der Waals surface area contributed by atoms with Crippen molar-refractivity contribution in [3.63, 3.8) is 0 Å². The predicted molar refractivity (Wildman–Crippen MR) is 63.5 cm³/mol. The van der Waals surface area contributed by atoms with Crippen LogP contribution >= 0.6 is 0 Å². The Balaban J connectivity index is 4.03. The monoisotopic (exact) mass is 246 g/mol. The van der Waals surface area contributed by atoms with Gasteiger partial charge in [-0.3, -0.25) is 4.79 Å². The van der Waals surface area contributed by atoms with Crippen LogP contribution in [0.5, 0.6) is 0 Å². The largest absolute Gasteiger partial charge is 0.444 e. The van der Waals surface area contributed by atoms with E-state index in [9.17, 15) is 9.59 Å². The number of carbonyl (C=O) groups excluding carboxylic acids is 2. The Morgan fingerprint density at radius 2 is 1.82 bits per heavy atom. The van der Waals surface area contributed by atoms with Crippen molar-refractivity contribution in [3.8, 4) is 0 Å². The van der Waals surface area contributed by atoms with Crippen LogP contribution < -0.4 is 10.6 Å². The highest BCUT2D eigenvalue weighted by atomic mass is 16.6. The highest BCUT2D eigenvalue weighted by Gasteiger charge is 2.20. The molecule has 0 bridgehead atoms. The van der Waals surface area contributed by atoms with Crippen LogP contribution in [0, 0.1) is 0 Å². The molecule has 17 heavy (non-hydrogen) atoms. The molecule has 2 amide bonds. The van der Waals surface area contributed by atoms with Crippen LogP contribution in [0.1, 0.15) is 34.6 Å². The Morgan fingerprint density at radius 3 is 2.24 bits per heavy atom. The maximum atomic E-state index is 11.5. The number of nitrogens with one attached hydrogen (secondary N) is 2. The van der Waals surface area contributed by atoms with Gasteiger partial charge >= 0.3 is 6.09 Å². The van der Waals surface area contributed by atoms with Crippen molar-refractivity contribution in [1.82, 2.24) is 10.6 Å². The smallest absolute Gasteiger partial charge is 0.408 e. The van der Waals surface area contributed by atoms with Crippen molar-refractivity contribution in [2.24, 2.45) is 0 Å². The van der Waals surface area contributed by atoms with Crippen LogP contribution in [0.15, 0.2) is 0 Å². The van der Waals surface area contributed by atoms with Gasteiger partial charge in [-0.05, 0) is 34.6 Å². The Hall–Kier alpha value is -1.30. The van der Waals surface area contributed by atoms with Crippen molar-refractivity contribution in [2.75, 3.05) is 6.54 Å². The molecule has 0 saturated heterocycles. The molecule has 0 aromatic heterocycles. The normalized spacial score (nSPS) is 14.7. The number of hydrogen-bond donors (Lipinski definition) is 3. The maximum Gasteiger partial charge on any atom is 0.408 e. The average molecular weight is 246 g/mol.